The molecule has 3 rings (SSSR count). The van der Waals surface area contributed by atoms with E-state index in [-0.39, 0.29) is 4.90 Å². The van der Waals surface area contributed by atoms with Gasteiger partial charge in [0.2, 0.25) is 10.0 Å². The molecule has 1 unspecified atom stereocenters. The molecule has 3 aromatic rings. The van der Waals surface area contributed by atoms with Gasteiger partial charge in [0.05, 0.1) is 28.8 Å². The lowest BCUT2D eigenvalue weighted by atomic mass is 10.0. The predicted molar refractivity (Wildman–Crippen MR) is 144 cm³/mol. The normalized spacial score (nSPS) is 14.4. The predicted octanol–water partition coefficient (Wildman–Crippen LogP) is 4.85. The molecule has 0 radical (unpaired) electrons. The first kappa shape index (κ1) is 28.6. The molecule has 0 aromatic heterocycles. The minimum absolute atomic E-state index is 0.0284. The van der Waals surface area contributed by atoms with Gasteiger partial charge in [0.25, 0.3) is 0 Å². The summed E-state index contributed by atoms with van der Waals surface area (Å²) in [5, 5.41) is -1.38. The zero-order valence-corrected chi connectivity index (χ0v) is 23.5. The Hall–Kier alpha value is -3.01. The quantitative estimate of drug-likeness (QED) is 0.388. The molecule has 0 spiro atoms. The highest BCUT2D eigenvalue weighted by molar-refractivity contribution is 7.89. The Morgan fingerprint density at radius 3 is 1.86 bits per heavy atom. The lowest BCUT2D eigenvalue weighted by Gasteiger charge is -2.29. The third kappa shape index (κ3) is 7.50. The van der Waals surface area contributed by atoms with E-state index in [1.54, 1.807) is 81.4 Å². The first-order valence-corrected chi connectivity index (χ1v) is 14.4. The Bertz CT molecular complexity index is 1340. The summed E-state index contributed by atoms with van der Waals surface area (Å²) in [5.41, 5.74) is 1.42. The summed E-state index contributed by atoms with van der Waals surface area (Å²) < 4.78 is 54.4. The summed E-state index contributed by atoms with van der Waals surface area (Å²) in [7, 11) is -4.55. The van der Waals surface area contributed by atoms with Crippen LogP contribution in [-0.4, -0.2) is 36.6 Å². The van der Waals surface area contributed by atoms with E-state index < -0.39 is 43.7 Å². The third-order valence-corrected chi connectivity index (χ3v) is 8.63. The zero-order valence-electron chi connectivity index (χ0n) is 21.8. The van der Waals surface area contributed by atoms with Crippen LogP contribution in [-0.2, 0) is 30.4 Å². The van der Waals surface area contributed by atoms with Crippen LogP contribution in [0.5, 0.6) is 5.75 Å². The molecule has 7 nitrogen and oxygen atoms in total. The molecule has 37 heavy (non-hydrogen) atoms. The van der Waals surface area contributed by atoms with Crippen LogP contribution in [0.2, 0.25) is 0 Å². The van der Waals surface area contributed by atoms with E-state index in [4.69, 9.17) is 9.47 Å². The number of esters is 1. The Morgan fingerprint density at radius 1 is 0.865 bits per heavy atom. The molecule has 0 saturated heterocycles. The fraction of sp³-hybridized carbons (Fsp3) is 0.321. The van der Waals surface area contributed by atoms with Crippen molar-refractivity contribution in [2.45, 2.75) is 61.3 Å². The molecule has 0 heterocycles. The number of benzene rings is 3. The SMILES string of the molecule is COc1ccc([C@@H](NS(=O)(=O)c2ccc(C)cc2)[C@@H](C(=O)OC(C)(C)C)S(=O)c2ccc(C)cc2)cc1. The number of nitrogens with one attached hydrogen (secondary N) is 1. The van der Waals surface area contributed by atoms with Crippen molar-refractivity contribution >= 4 is 26.8 Å². The van der Waals surface area contributed by atoms with Gasteiger partial charge in [-0.1, -0.05) is 47.5 Å². The second kappa shape index (κ2) is 11.6. The summed E-state index contributed by atoms with van der Waals surface area (Å²) in [6.45, 7) is 8.86. The number of sulfonamides is 1. The fourth-order valence-corrected chi connectivity index (χ4v) is 6.31. The summed E-state index contributed by atoms with van der Waals surface area (Å²) >= 11 is 0. The van der Waals surface area contributed by atoms with Crippen molar-refractivity contribution in [1.29, 1.82) is 0 Å². The van der Waals surface area contributed by atoms with E-state index in [0.717, 1.165) is 11.1 Å². The van der Waals surface area contributed by atoms with Crippen molar-refractivity contribution in [2.75, 3.05) is 7.11 Å². The van der Waals surface area contributed by atoms with Crippen LogP contribution in [0.3, 0.4) is 0 Å². The average molecular weight is 544 g/mol. The van der Waals surface area contributed by atoms with Gasteiger partial charge in [-0.25, -0.2) is 13.1 Å². The highest BCUT2D eigenvalue weighted by Crippen LogP contribution is 2.30. The number of rotatable bonds is 9. The molecule has 9 heteroatoms. The smallest absolute Gasteiger partial charge is 0.324 e. The van der Waals surface area contributed by atoms with Gasteiger partial charge in [0.15, 0.2) is 5.25 Å². The second-order valence-electron chi connectivity index (χ2n) is 9.75. The maximum atomic E-state index is 13.9. The van der Waals surface area contributed by atoms with Crippen molar-refractivity contribution in [1.82, 2.24) is 4.72 Å². The Morgan fingerprint density at radius 2 is 1.38 bits per heavy atom. The van der Waals surface area contributed by atoms with Crippen molar-refractivity contribution in [3.63, 3.8) is 0 Å². The number of carbonyl (C=O) groups excluding carboxylic acids is 1. The van der Waals surface area contributed by atoms with Gasteiger partial charge in [-0.3, -0.25) is 9.00 Å². The van der Waals surface area contributed by atoms with Gasteiger partial charge in [-0.05, 0) is 76.6 Å². The van der Waals surface area contributed by atoms with Gasteiger partial charge in [-0.15, -0.1) is 0 Å². The van der Waals surface area contributed by atoms with Crippen molar-refractivity contribution in [3.8, 4) is 5.75 Å². The van der Waals surface area contributed by atoms with Gasteiger partial charge >= 0.3 is 5.97 Å². The molecular formula is C28H33NO6S2. The van der Waals surface area contributed by atoms with E-state index in [1.807, 2.05) is 13.8 Å². The lowest BCUT2D eigenvalue weighted by Crippen LogP contribution is -2.45. The number of aryl methyl sites for hydroxylation is 2. The summed E-state index contributed by atoms with van der Waals surface area (Å²) in [5.74, 6) is -0.226. The molecule has 0 aliphatic rings. The molecule has 0 bridgehead atoms. The molecule has 198 valence electrons. The van der Waals surface area contributed by atoms with Crippen LogP contribution in [0, 0.1) is 13.8 Å². The Balaban J connectivity index is 2.16. The average Bonchev–Trinajstić information content (AvgIpc) is 2.83. The topological polar surface area (TPSA) is 98.8 Å². The molecule has 0 aliphatic heterocycles. The number of hydrogen-bond donors (Lipinski definition) is 1. The van der Waals surface area contributed by atoms with Crippen molar-refractivity contribution in [3.05, 3.63) is 89.5 Å². The number of ether oxygens (including phenoxy) is 2. The molecule has 0 amide bonds. The van der Waals surface area contributed by atoms with Crippen LogP contribution in [0.1, 0.15) is 43.5 Å². The molecule has 3 aromatic carbocycles. The molecule has 3 atom stereocenters. The van der Waals surface area contributed by atoms with Crippen LogP contribution in [0.25, 0.3) is 0 Å². The van der Waals surface area contributed by atoms with Gasteiger partial charge in [0, 0.05) is 4.90 Å². The van der Waals surface area contributed by atoms with Crippen molar-refractivity contribution < 1.29 is 26.9 Å². The minimum atomic E-state index is -4.11. The maximum absolute atomic E-state index is 13.9. The molecule has 1 N–H and O–H groups in total. The summed E-state index contributed by atoms with van der Waals surface area (Å²) in [6, 6.07) is 18.7. The second-order valence-corrected chi connectivity index (χ2v) is 13.0. The van der Waals surface area contributed by atoms with Crippen LogP contribution in [0.15, 0.2) is 82.6 Å². The highest BCUT2D eigenvalue weighted by Gasteiger charge is 2.41. The molecule has 0 saturated carbocycles. The first-order chi connectivity index (χ1) is 17.3. The van der Waals surface area contributed by atoms with E-state index in [0.29, 0.717) is 16.2 Å². The van der Waals surface area contributed by atoms with E-state index in [9.17, 15) is 17.4 Å². The van der Waals surface area contributed by atoms with E-state index in [1.165, 1.54) is 19.2 Å². The third-order valence-electron chi connectivity index (χ3n) is 5.51. The maximum Gasteiger partial charge on any atom is 0.324 e. The fourth-order valence-electron chi connectivity index (χ4n) is 3.59. The van der Waals surface area contributed by atoms with Crippen LogP contribution < -0.4 is 9.46 Å². The summed E-state index contributed by atoms with van der Waals surface area (Å²) in [6.07, 6.45) is 0. The molecule has 0 fully saturated rings. The van der Waals surface area contributed by atoms with E-state index >= 15 is 0 Å². The van der Waals surface area contributed by atoms with Crippen LogP contribution >= 0.6 is 0 Å². The standard InChI is InChI=1S/C28H33NO6S2/c1-19-7-15-23(16-8-19)36(31)26(27(30)35-28(3,4)5)25(21-11-13-22(34-6)14-12-21)29-37(32,33)24-17-9-20(2)10-18-24/h7-18,25-26,29H,1-6H3/t25-,26+,36?/m1/s1. The number of methoxy groups -OCH3 is 1. The molecule has 0 aliphatic carbocycles. The van der Waals surface area contributed by atoms with Gasteiger partial charge in [-0.2, -0.15) is 0 Å². The largest absolute Gasteiger partial charge is 0.497 e. The number of carbonyl (C=O) groups is 1. The monoisotopic (exact) mass is 543 g/mol. The minimum Gasteiger partial charge on any atom is -0.497 e. The summed E-state index contributed by atoms with van der Waals surface area (Å²) in [4.78, 5) is 14.0. The molecular weight excluding hydrogens is 510 g/mol. The first-order valence-electron chi connectivity index (χ1n) is 11.7. The van der Waals surface area contributed by atoms with Gasteiger partial charge < -0.3 is 9.47 Å². The highest BCUT2D eigenvalue weighted by atomic mass is 32.2. The Kier molecular flexibility index (Phi) is 8.94. The lowest BCUT2D eigenvalue weighted by molar-refractivity contribution is -0.154. The van der Waals surface area contributed by atoms with Crippen LogP contribution in [0.4, 0.5) is 0 Å². The van der Waals surface area contributed by atoms with Crippen molar-refractivity contribution in [2.24, 2.45) is 0 Å². The van der Waals surface area contributed by atoms with Gasteiger partial charge in [0.1, 0.15) is 11.4 Å². The van der Waals surface area contributed by atoms with E-state index in [2.05, 4.69) is 4.72 Å². The zero-order chi connectivity index (χ0) is 27.4. The Labute approximate surface area is 221 Å². The number of hydrogen-bond acceptors (Lipinski definition) is 6.